The van der Waals surface area contributed by atoms with Crippen LogP contribution in [0.25, 0.3) is 0 Å². The first kappa shape index (κ1) is 21.4. The Bertz CT molecular complexity index is 1120. The molecular formula is C25H24FN3O3. The quantitative estimate of drug-likeness (QED) is 0.600. The highest BCUT2D eigenvalue weighted by molar-refractivity contribution is 6.04. The summed E-state index contributed by atoms with van der Waals surface area (Å²) >= 11 is 0. The molecule has 6 nitrogen and oxygen atoms in total. The van der Waals surface area contributed by atoms with Gasteiger partial charge < -0.3 is 15.0 Å². The summed E-state index contributed by atoms with van der Waals surface area (Å²) in [7, 11) is 1.62. The number of hydrogen-bond donors (Lipinski definition) is 1. The Morgan fingerprint density at radius 1 is 1.03 bits per heavy atom. The molecule has 0 spiro atoms. The first-order chi connectivity index (χ1) is 15.5. The molecule has 0 aliphatic carbocycles. The molecule has 0 aromatic heterocycles. The molecule has 7 heteroatoms. The van der Waals surface area contributed by atoms with Gasteiger partial charge >= 0.3 is 6.03 Å². The highest BCUT2D eigenvalue weighted by atomic mass is 19.1. The molecule has 1 aliphatic rings. The van der Waals surface area contributed by atoms with E-state index in [2.05, 4.69) is 5.32 Å². The van der Waals surface area contributed by atoms with E-state index < -0.39 is 5.82 Å². The fourth-order valence-electron chi connectivity index (χ4n) is 3.72. The molecule has 4 rings (SSSR count). The van der Waals surface area contributed by atoms with Gasteiger partial charge in [-0.05, 0) is 66.6 Å². The summed E-state index contributed by atoms with van der Waals surface area (Å²) < 4.78 is 18.4. The average Bonchev–Trinajstić information content (AvgIpc) is 2.81. The van der Waals surface area contributed by atoms with Gasteiger partial charge in [-0.1, -0.05) is 18.2 Å². The average molecular weight is 433 g/mol. The van der Waals surface area contributed by atoms with Gasteiger partial charge in [0.25, 0.3) is 5.91 Å². The molecule has 0 bridgehead atoms. The van der Waals surface area contributed by atoms with E-state index in [0.717, 1.165) is 17.7 Å². The third-order valence-electron chi connectivity index (χ3n) is 5.34. The van der Waals surface area contributed by atoms with Crippen molar-refractivity contribution < 1.29 is 18.7 Å². The van der Waals surface area contributed by atoms with Crippen LogP contribution in [-0.4, -0.2) is 37.0 Å². The smallest absolute Gasteiger partial charge is 0.324 e. The second-order valence-electron chi connectivity index (χ2n) is 7.57. The molecule has 1 heterocycles. The molecule has 0 radical (unpaired) electrons. The van der Waals surface area contributed by atoms with Gasteiger partial charge in [0.05, 0.1) is 7.11 Å². The lowest BCUT2D eigenvalue weighted by atomic mass is 10.1. The van der Waals surface area contributed by atoms with E-state index in [1.54, 1.807) is 30.2 Å². The van der Waals surface area contributed by atoms with Crippen molar-refractivity contribution in [2.24, 2.45) is 0 Å². The maximum Gasteiger partial charge on any atom is 0.324 e. The fourth-order valence-corrected chi connectivity index (χ4v) is 3.72. The highest BCUT2D eigenvalue weighted by Crippen LogP contribution is 2.25. The minimum absolute atomic E-state index is 0.0823. The Kier molecular flexibility index (Phi) is 6.35. The summed E-state index contributed by atoms with van der Waals surface area (Å²) in [4.78, 5) is 29.1. The van der Waals surface area contributed by atoms with Crippen molar-refractivity contribution in [3.05, 3.63) is 89.7 Å². The molecule has 32 heavy (non-hydrogen) atoms. The third-order valence-corrected chi connectivity index (χ3v) is 5.34. The maximum absolute atomic E-state index is 13.2. The molecule has 3 amide bonds. The third kappa shape index (κ3) is 4.88. The number of carbonyl (C=O) groups is 2. The Hall–Kier alpha value is -3.87. The van der Waals surface area contributed by atoms with Crippen molar-refractivity contribution in [3.63, 3.8) is 0 Å². The van der Waals surface area contributed by atoms with Crippen molar-refractivity contribution >= 4 is 23.3 Å². The van der Waals surface area contributed by atoms with E-state index in [-0.39, 0.29) is 11.9 Å². The van der Waals surface area contributed by atoms with Gasteiger partial charge in [-0.3, -0.25) is 9.69 Å². The Morgan fingerprint density at radius 3 is 2.59 bits per heavy atom. The molecule has 1 aliphatic heterocycles. The fraction of sp³-hybridized carbons (Fsp3) is 0.200. The molecule has 3 aromatic carbocycles. The van der Waals surface area contributed by atoms with Crippen molar-refractivity contribution in [1.29, 1.82) is 0 Å². The standard InChI is InChI=1S/C25H24FN3O3/c1-32-23-8-2-5-18(15-23)17-28-13-4-14-29(25(28)31)22-7-3-6-21(16-22)27-24(30)19-9-11-20(26)12-10-19/h2-3,5-12,15-16H,4,13-14,17H2,1H3,(H,27,30). The highest BCUT2D eigenvalue weighted by Gasteiger charge is 2.27. The summed E-state index contributed by atoms with van der Waals surface area (Å²) in [6.45, 7) is 1.77. The number of carbonyl (C=O) groups excluding carboxylic acids is 2. The number of nitrogens with zero attached hydrogens (tertiary/aromatic N) is 2. The van der Waals surface area contributed by atoms with Gasteiger partial charge in [0.2, 0.25) is 0 Å². The molecule has 1 saturated heterocycles. The number of amides is 3. The zero-order valence-electron chi connectivity index (χ0n) is 17.8. The van der Waals surface area contributed by atoms with Crippen LogP contribution in [0, 0.1) is 5.82 Å². The molecule has 1 N–H and O–H groups in total. The summed E-state index contributed by atoms with van der Waals surface area (Å²) in [5, 5.41) is 2.81. The van der Waals surface area contributed by atoms with E-state index in [4.69, 9.17) is 4.74 Å². The molecule has 0 atom stereocenters. The zero-order valence-corrected chi connectivity index (χ0v) is 17.8. The first-order valence-corrected chi connectivity index (χ1v) is 10.4. The lowest BCUT2D eigenvalue weighted by Crippen LogP contribution is -2.49. The largest absolute Gasteiger partial charge is 0.497 e. The van der Waals surface area contributed by atoms with Crippen LogP contribution in [0.5, 0.6) is 5.75 Å². The molecule has 0 unspecified atom stereocenters. The van der Waals surface area contributed by atoms with Crippen LogP contribution in [-0.2, 0) is 6.54 Å². The number of rotatable bonds is 6. The molecule has 3 aromatic rings. The SMILES string of the molecule is COc1cccc(CN2CCCN(c3cccc(NC(=O)c4ccc(F)cc4)c3)C2=O)c1. The summed E-state index contributed by atoms with van der Waals surface area (Å²) in [5.41, 5.74) is 2.63. The van der Waals surface area contributed by atoms with Crippen LogP contribution in [0.2, 0.25) is 0 Å². The van der Waals surface area contributed by atoms with E-state index in [9.17, 15) is 14.0 Å². The van der Waals surface area contributed by atoms with Crippen molar-refractivity contribution in [2.75, 3.05) is 30.4 Å². The predicted molar refractivity (Wildman–Crippen MR) is 122 cm³/mol. The van der Waals surface area contributed by atoms with Gasteiger partial charge in [0.1, 0.15) is 11.6 Å². The van der Waals surface area contributed by atoms with Gasteiger partial charge in [-0.25, -0.2) is 9.18 Å². The number of urea groups is 1. The van der Waals surface area contributed by atoms with E-state index >= 15 is 0 Å². The number of methoxy groups -OCH3 is 1. The number of nitrogens with one attached hydrogen (secondary N) is 1. The molecular weight excluding hydrogens is 409 g/mol. The normalized spacial score (nSPS) is 13.8. The van der Waals surface area contributed by atoms with Crippen LogP contribution in [0.4, 0.5) is 20.6 Å². The zero-order chi connectivity index (χ0) is 22.5. The number of hydrogen-bond acceptors (Lipinski definition) is 3. The summed E-state index contributed by atoms with van der Waals surface area (Å²) in [6.07, 6.45) is 0.835. The van der Waals surface area contributed by atoms with Crippen LogP contribution in [0.15, 0.2) is 72.8 Å². The van der Waals surface area contributed by atoms with E-state index in [0.29, 0.717) is 36.6 Å². The second kappa shape index (κ2) is 9.51. The van der Waals surface area contributed by atoms with Crippen molar-refractivity contribution in [2.45, 2.75) is 13.0 Å². The predicted octanol–water partition coefficient (Wildman–Crippen LogP) is 4.92. The minimum Gasteiger partial charge on any atom is -0.497 e. The molecule has 1 fully saturated rings. The topological polar surface area (TPSA) is 61.9 Å². The van der Waals surface area contributed by atoms with Crippen LogP contribution >= 0.6 is 0 Å². The Labute approximate surface area is 186 Å². The number of benzene rings is 3. The van der Waals surface area contributed by atoms with Gasteiger partial charge in [-0.15, -0.1) is 0 Å². The van der Waals surface area contributed by atoms with Gasteiger partial charge in [0, 0.05) is 36.6 Å². The van der Waals surface area contributed by atoms with E-state index in [1.165, 1.54) is 24.3 Å². The molecule has 0 saturated carbocycles. The first-order valence-electron chi connectivity index (χ1n) is 10.4. The Morgan fingerprint density at radius 2 is 1.81 bits per heavy atom. The molecule has 164 valence electrons. The minimum atomic E-state index is -0.398. The van der Waals surface area contributed by atoms with Gasteiger partial charge in [-0.2, -0.15) is 0 Å². The second-order valence-corrected chi connectivity index (χ2v) is 7.57. The number of ether oxygens (including phenoxy) is 1. The van der Waals surface area contributed by atoms with Crippen LogP contribution < -0.4 is 15.0 Å². The maximum atomic E-state index is 13.2. The Balaban J connectivity index is 1.47. The van der Waals surface area contributed by atoms with E-state index in [1.807, 2.05) is 35.2 Å². The lowest BCUT2D eigenvalue weighted by molar-refractivity contribution is 0.102. The van der Waals surface area contributed by atoms with Crippen LogP contribution in [0.3, 0.4) is 0 Å². The summed E-state index contributed by atoms with van der Waals surface area (Å²) in [6, 6.07) is 20.1. The van der Waals surface area contributed by atoms with Gasteiger partial charge in [0.15, 0.2) is 0 Å². The van der Waals surface area contributed by atoms with Crippen LogP contribution in [0.1, 0.15) is 22.3 Å². The van der Waals surface area contributed by atoms with Crippen molar-refractivity contribution in [3.8, 4) is 5.75 Å². The monoisotopic (exact) mass is 433 g/mol. The van der Waals surface area contributed by atoms with Crippen molar-refractivity contribution in [1.82, 2.24) is 4.90 Å². The number of halogens is 1. The summed E-state index contributed by atoms with van der Waals surface area (Å²) in [5.74, 6) is 0.0193. The lowest BCUT2D eigenvalue weighted by Gasteiger charge is -2.36. The number of anilines is 2.